The Morgan fingerprint density at radius 2 is 0.692 bits per heavy atom. The number of fused-ring (bicyclic) bond motifs is 23. The minimum atomic E-state index is -0.585. The van der Waals surface area contributed by atoms with Gasteiger partial charge < -0.3 is 4.74 Å². The monoisotopic (exact) mass is 822 g/mol. The van der Waals surface area contributed by atoms with E-state index in [1.807, 2.05) is 0 Å². The van der Waals surface area contributed by atoms with E-state index in [2.05, 4.69) is 231 Å². The largest absolute Gasteiger partial charge is 0.456 e. The molecule has 300 valence electrons. The van der Waals surface area contributed by atoms with Gasteiger partial charge in [-0.3, -0.25) is 0 Å². The quantitative estimate of drug-likeness (QED) is 0.169. The molecule has 0 aromatic heterocycles. The first-order valence-electron chi connectivity index (χ1n) is 22.8. The van der Waals surface area contributed by atoms with Gasteiger partial charge in [-0.2, -0.15) is 0 Å². The summed E-state index contributed by atoms with van der Waals surface area (Å²) in [7, 11) is 0. The lowest BCUT2D eigenvalue weighted by atomic mass is 9.65. The summed E-state index contributed by atoms with van der Waals surface area (Å²) in [6, 6.07) is 86.2. The van der Waals surface area contributed by atoms with Crippen LogP contribution >= 0.6 is 0 Å². The van der Waals surface area contributed by atoms with Gasteiger partial charge in [0, 0.05) is 16.5 Å². The Morgan fingerprint density at radius 3 is 1.38 bits per heavy atom. The van der Waals surface area contributed by atoms with Crippen LogP contribution in [-0.2, 0) is 10.8 Å². The molecule has 15 rings (SSSR count). The summed E-state index contributed by atoms with van der Waals surface area (Å²) in [6.07, 6.45) is 0. The number of ether oxygens (including phenoxy) is 1. The van der Waals surface area contributed by atoms with Crippen LogP contribution in [0.2, 0.25) is 0 Å². The van der Waals surface area contributed by atoms with E-state index in [-0.39, 0.29) is 0 Å². The fourth-order valence-electron chi connectivity index (χ4n) is 13.0. The third-order valence-corrected chi connectivity index (χ3v) is 15.4. The van der Waals surface area contributed by atoms with Crippen molar-refractivity contribution in [3.05, 3.63) is 275 Å². The standard InChI is InChI=1S/C64H38O/c1-2-19-40-39(18-1)36-37-57-60(40)48-26-9-13-31-53(48)64(57)54-32-14-10-27-49(54)61-46(28-17-34-56(61)64)41-20-3-4-21-42(41)50-38-58-62(47-25-6-5-22-43(47)50)65-59-35-16-15-33-55(59)63(58)51-29-11-7-23-44(51)45-24-8-12-30-52(45)63/h1-38H. The van der Waals surface area contributed by atoms with Crippen LogP contribution < -0.4 is 4.74 Å². The molecule has 0 amide bonds. The van der Waals surface area contributed by atoms with Crippen molar-refractivity contribution in [2.24, 2.45) is 0 Å². The van der Waals surface area contributed by atoms with Crippen LogP contribution in [0.5, 0.6) is 11.5 Å². The first kappa shape index (κ1) is 35.2. The number of para-hydroxylation sites is 1. The summed E-state index contributed by atoms with van der Waals surface area (Å²) in [5, 5.41) is 4.85. The summed E-state index contributed by atoms with van der Waals surface area (Å²) >= 11 is 0. The molecule has 0 fully saturated rings. The van der Waals surface area contributed by atoms with Gasteiger partial charge in [-0.15, -0.1) is 0 Å². The molecule has 0 saturated carbocycles. The Kier molecular flexibility index (Phi) is 6.88. The highest BCUT2D eigenvalue weighted by Gasteiger charge is 2.54. The Balaban J connectivity index is 1.03. The van der Waals surface area contributed by atoms with E-state index in [1.54, 1.807) is 0 Å². The van der Waals surface area contributed by atoms with Gasteiger partial charge in [0.1, 0.15) is 11.5 Å². The second kappa shape index (κ2) is 12.7. The zero-order valence-electron chi connectivity index (χ0n) is 35.3. The molecule has 1 unspecified atom stereocenters. The van der Waals surface area contributed by atoms with Crippen molar-refractivity contribution in [2.45, 2.75) is 10.8 Å². The molecule has 0 saturated heterocycles. The van der Waals surface area contributed by atoms with Crippen LogP contribution in [0.15, 0.2) is 231 Å². The molecule has 4 aliphatic rings. The van der Waals surface area contributed by atoms with Crippen LogP contribution in [0, 0.1) is 0 Å². The average molecular weight is 823 g/mol. The van der Waals surface area contributed by atoms with E-state index in [0.717, 1.165) is 16.9 Å². The van der Waals surface area contributed by atoms with E-state index in [1.165, 1.54) is 116 Å². The fourth-order valence-corrected chi connectivity index (χ4v) is 13.0. The van der Waals surface area contributed by atoms with Crippen molar-refractivity contribution in [1.29, 1.82) is 0 Å². The highest BCUT2D eigenvalue weighted by Crippen LogP contribution is 2.66. The highest BCUT2D eigenvalue weighted by atomic mass is 16.5. The van der Waals surface area contributed by atoms with Gasteiger partial charge >= 0.3 is 0 Å². The fraction of sp³-hybridized carbons (Fsp3) is 0.0312. The Bertz CT molecular complexity index is 3840. The zero-order valence-corrected chi connectivity index (χ0v) is 35.3. The lowest BCUT2D eigenvalue weighted by molar-refractivity contribution is 0.442. The molecule has 65 heavy (non-hydrogen) atoms. The molecule has 11 aromatic rings. The Hall–Kier alpha value is -8.26. The van der Waals surface area contributed by atoms with E-state index in [4.69, 9.17) is 4.74 Å². The second-order valence-electron chi connectivity index (χ2n) is 18.1. The summed E-state index contributed by atoms with van der Waals surface area (Å²) in [5.74, 6) is 1.83. The first-order chi connectivity index (χ1) is 32.3. The van der Waals surface area contributed by atoms with Gasteiger partial charge in [-0.25, -0.2) is 0 Å². The molecule has 0 bridgehead atoms. The van der Waals surface area contributed by atoms with Crippen molar-refractivity contribution >= 4 is 21.5 Å². The summed E-state index contributed by atoms with van der Waals surface area (Å²) in [6.45, 7) is 0. The predicted molar refractivity (Wildman–Crippen MR) is 266 cm³/mol. The minimum Gasteiger partial charge on any atom is -0.456 e. The van der Waals surface area contributed by atoms with Gasteiger partial charge in [0.05, 0.1) is 10.8 Å². The van der Waals surface area contributed by atoms with Crippen molar-refractivity contribution in [1.82, 2.24) is 0 Å². The maximum Gasteiger partial charge on any atom is 0.140 e. The van der Waals surface area contributed by atoms with Gasteiger partial charge in [0.15, 0.2) is 0 Å². The molecular weight excluding hydrogens is 785 g/mol. The van der Waals surface area contributed by atoms with Crippen LogP contribution in [-0.4, -0.2) is 0 Å². The first-order valence-corrected chi connectivity index (χ1v) is 22.8. The maximum atomic E-state index is 7.15. The lowest BCUT2D eigenvalue weighted by Gasteiger charge is -2.40. The third-order valence-electron chi connectivity index (χ3n) is 15.4. The van der Waals surface area contributed by atoms with E-state index in [0.29, 0.717) is 0 Å². The second-order valence-corrected chi connectivity index (χ2v) is 18.1. The number of rotatable bonds is 2. The number of hydrogen-bond acceptors (Lipinski definition) is 1. The summed E-state index contributed by atoms with van der Waals surface area (Å²) in [5.41, 5.74) is 21.9. The molecule has 11 aromatic carbocycles. The molecule has 1 nitrogen and oxygen atoms in total. The van der Waals surface area contributed by atoms with E-state index < -0.39 is 10.8 Å². The minimum absolute atomic E-state index is 0.467. The number of hydrogen-bond donors (Lipinski definition) is 0. The lowest BCUT2D eigenvalue weighted by Crippen LogP contribution is -2.32. The van der Waals surface area contributed by atoms with Gasteiger partial charge in [-0.05, 0) is 117 Å². The average Bonchev–Trinajstić information content (AvgIpc) is 3.97. The zero-order chi connectivity index (χ0) is 42.4. The normalized spacial score (nSPS) is 16.0. The molecule has 1 atom stereocenters. The topological polar surface area (TPSA) is 9.23 Å². The van der Waals surface area contributed by atoms with Crippen LogP contribution in [0.25, 0.3) is 77.2 Å². The van der Waals surface area contributed by atoms with Crippen molar-refractivity contribution in [2.75, 3.05) is 0 Å². The molecule has 3 aliphatic carbocycles. The Labute approximate surface area is 377 Å². The molecule has 0 N–H and O–H groups in total. The van der Waals surface area contributed by atoms with Crippen molar-refractivity contribution in [3.63, 3.8) is 0 Å². The van der Waals surface area contributed by atoms with Crippen LogP contribution in [0.3, 0.4) is 0 Å². The molecular formula is C64H38O. The molecule has 1 heteroatoms. The molecule has 1 heterocycles. The molecule has 1 aliphatic heterocycles. The van der Waals surface area contributed by atoms with Crippen molar-refractivity contribution < 1.29 is 4.74 Å². The maximum absolute atomic E-state index is 7.15. The van der Waals surface area contributed by atoms with E-state index >= 15 is 0 Å². The molecule has 2 spiro atoms. The van der Waals surface area contributed by atoms with Crippen molar-refractivity contribution in [3.8, 4) is 67.1 Å². The van der Waals surface area contributed by atoms with Crippen LogP contribution in [0.1, 0.15) is 44.5 Å². The van der Waals surface area contributed by atoms with Gasteiger partial charge in [0.2, 0.25) is 0 Å². The van der Waals surface area contributed by atoms with Gasteiger partial charge in [-0.1, -0.05) is 218 Å². The SMILES string of the molecule is c1ccc2c(c1)Oc1c(cc(-c3ccccc3-c3cccc4c3-c3ccccc3C43c4ccccc4-c4c3ccc3ccccc43)c3ccccc13)C21c2ccccc2-c2ccccc21. The smallest absolute Gasteiger partial charge is 0.140 e. The molecule has 0 radical (unpaired) electrons. The third kappa shape index (κ3) is 4.24. The summed E-state index contributed by atoms with van der Waals surface area (Å²) in [4.78, 5) is 0. The van der Waals surface area contributed by atoms with Gasteiger partial charge in [0.25, 0.3) is 0 Å². The van der Waals surface area contributed by atoms with E-state index in [9.17, 15) is 0 Å². The van der Waals surface area contributed by atoms with Crippen LogP contribution in [0.4, 0.5) is 0 Å². The predicted octanol–water partition coefficient (Wildman–Crippen LogP) is 16.1. The number of benzene rings is 11. The highest BCUT2D eigenvalue weighted by molar-refractivity contribution is 6.10. The summed E-state index contributed by atoms with van der Waals surface area (Å²) < 4.78 is 7.15. The Morgan fingerprint density at radius 1 is 0.246 bits per heavy atom.